The van der Waals surface area contributed by atoms with Gasteiger partial charge in [-0.15, -0.1) is 0 Å². The summed E-state index contributed by atoms with van der Waals surface area (Å²) in [5.74, 6) is 0.415. The van der Waals surface area contributed by atoms with Crippen LogP contribution in [0.1, 0.15) is 60.8 Å². The molecule has 2 aliphatic rings. The van der Waals surface area contributed by atoms with E-state index in [4.69, 9.17) is 5.73 Å². The maximum atomic E-state index is 6.76. The molecule has 21 heavy (non-hydrogen) atoms. The van der Waals surface area contributed by atoms with E-state index in [-0.39, 0.29) is 11.5 Å². The maximum absolute atomic E-state index is 6.76. The van der Waals surface area contributed by atoms with E-state index in [0.29, 0.717) is 5.92 Å². The molecule has 2 nitrogen and oxygen atoms in total. The van der Waals surface area contributed by atoms with Crippen molar-refractivity contribution in [1.82, 2.24) is 4.98 Å². The van der Waals surface area contributed by atoms with Crippen LogP contribution in [0.2, 0.25) is 0 Å². The highest BCUT2D eigenvalue weighted by Gasteiger charge is 2.52. The molecule has 1 aromatic heterocycles. The number of hydrogen-bond donors (Lipinski definition) is 1. The molecule has 0 amide bonds. The van der Waals surface area contributed by atoms with Crippen molar-refractivity contribution in [2.24, 2.45) is 11.1 Å². The first kappa shape index (κ1) is 13.0. The molecule has 2 atom stereocenters. The average Bonchev–Trinajstić information content (AvgIpc) is 2.79. The van der Waals surface area contributed by atoms with Gasteiger partial charge in [-0.2, -0.15) is 0 Å². The second-order valence-electron chi connectivity index (χ2n) is 6.62. The van der Waals surface area contributed by atoms with Crippen molar-refractivity contribution in [1.29, 1.82) is 0 Å². The van der Waals surface area contributed by atoms with Gasteiger partial charge in [0.1, 0.15) is 0 Å². The first-order valence-corrected chi connectivity index (χ1v) is 8.07. The number of fused-ring (bicyclic) bond motifs is 1. The minimum absolute atomic E-state index is 0.166. The van der Waals surface area contributed by atoms with Crippen molar-refractivity contribution in [3.05, 3.63) is 65.5 Å². The lowest BCUT2D eigenvalue weighted by Crippen LogP contribution is -2.36. The molecule has 2 unspecified atom stereocenters. The van der Waals surface area contributed by atoms with Crippen LogP contribution in [0.15, 0.2) is 48.8 Å². The molecular weight excluding hydrogens is 256 g/mol. The molecule has 2 aromatic rings. The Morgan fingerprint density at radius 3 is 2.43 bits per heavy atom. The van der Waals surface area contributed by atoms with Crippen molar-refractivity contribution in [3.8, 4) is 0 Å². The SMILES string of the molecule is NC1c2ccccc2C(c2cccnc2)C12CCCCC2. The lowest BCUT2D eigenvalue weighted by atomic mass is 9.63. The van der Waals surface area contributed by atoms with Crippen molar-refractivity contribution in [2.45, 2.75) is 44.1 Å². The van der Waals surface area contributed by atoms with Gasteiger partial charge in [0.15, 0.2) is 0 Å². The van der Waals surface area contributed by atoms with Gasteiger partial charge < -0.3 is 5.73 Å². The molecule has 1 aromatic carbocycles. The lowest BCUT2D eigenvalue weighted by molar-refractivity contribution is 0.140. The fourth-order valence-electron chi connectivity index (χ4n) is 4.72. The minimum Gasteiger partial charge on any atom is -0.323 e. The average molecular weight is 278 g/mol. The Morgan fingerprint density at radius 2 is 1.71 bits per heavy atom. The monoisotopic (exact) mass is 278 g/mol. The maximum Gasteiger partial charge on any atom is 0.0364 e. The second kappa shape index (κ2) is 4.96. The normalized spacial score (nSPS) is 26.7. The molecule has 1 heterocycles. The number of pyridine rings is 1. The standard InChI is InChI=1S/C19H22N2/c20-18-16-9-3-2-8-15(16)17(14-7-6-12-21-13-14)19(18)10-4-1-5-11-19/h2-3,6-9,12-13,17-18H,1,4-5,10-11,20H2. The van der Waals surface area contributed by atoms with Crippen LogP contribution in [0.25, 0.3) is 0 Å². The number of benzene rings is 1. The Balaban J connectivity index is 1.90. The first-order valence-electron chi connectivity index (χ1n) is 8.07. The van der Waals surface area contributed by atoms with Crippen molar-refractivity contribution < 1.29 is 0 Å². The van der Waals surface area contributed by atoms with Gasteiger partial charge in [0, 0.05) is 29.8 Å². The van der Waals surface area contributed by atoms with Gasteiger partial charge in [0.2, 0.25) is 0 Å². The summed E-state index contributed by atoms with van der Waals surface area (Å²) >= 11 is 0. The van der Waals surface area contributed by atoms with Crippen LogP contribution in [0.3, 0.4) is 0 Å². The summed E-state index contributed by atoms with van der Waals surface area (Å²) < 4.78 is 0. The Kier molecular flexibility index (Phi) is 3.07. The molecule has 1 fully saturated rings. The van der Waals surface area contributed by atoms with E-state index in [2.05, 4.69) is 41.4 Å². The smallest absolute Gasteiger partial charge is 0.0364 e. The first-order chi connectivity index (χ1) is 10.3. The zero-order valence-electron chi connectivity index (χ0n) is 12.3. The molecule has 108 valence electrons. The predicted molar refractivity (Wildman–Crippen MR) is 85.0 cm³/mol. The van der Waals surface area contributed by atoms with Crippen LogP contribution in [-0.2, 0) is 0 Å². The van der Waals surface area contributed by atoms with E-state index >= 15 is 0 Å². The van der Waals surface area contributed by atoms with Crippen molar-refractivity contribution >= 4 is 0 Å². The highest BCUT2D eigenvalue weighted by Crippen LogP contribution is 2.61. The van der Waals surface area contributed by atoms with Crippen molar-refractivity contribution in [2.75, 3.05) is 0 Å². The van der Waals surface area contributed by atoms with Crippen molar-refractivity contribution in [3.63, 3.8) is 0 Å². The Morgan fingerprint density at radius 1 is 0.952 bits per heavy atom. The molecule has 1 saturated carbocycles. The van der Waals surface area contributed by atoms with Gasteiger partial charge >= 0.3 is 0 Å². The van der Waals surface area contributed by atoms with Crippen LogP contribution in [0, 0.1) is 5.41 Å². The van der Waals surface area contributed by atoms with Gasteiger partial charge in [-0.05, 0) is 35.6 Å². The quantitative estimate of drug-likeness (QED) is 0.850. The van der Waals surface area contributed by atoms with Gasteiger partial charge in [0.05, 0.1) is 0 Å². The number of nitrogens with zero attached hydrogens (tertiary/aromatic N) is 1. The van der Waals surface area contributed by atoms with Crippen LogP contribution in [0.5, 0.6) is 0 Å². The molecule has 2 heteroatoms. The van der Waals surface area contributed by atoms with E-state index < -0.39 is 0 Å². The van der Waals surface area contributed by atoms with E-state index in [1.807, 2.05) is 12.4 Å². The van der Waals surface area contributed by atoms with Gasteiger partial charge in [-0.25, -0.2) is 0 Å². The molecule has 0 radical (unpaired) electrons. The zero-order chi connectivity index (χ0) is 14.3. The van der Waals surface area contributed by atoms with E-state index in [1.54, 1.807) is 0 Å². The number of aromatic nitrogens is 1. The van der Waals surface area contributed by atoms with Crippen LogP contribution < -0.4 is 5.73 Å². The van der Waals surface area contributed by atoms with Gasteiger partial charge in [0.25, 0.3) is 0 Å². The molecule has 0 saturated heterocycles. The summed E-state index contributed by atoms with van der Waals surface area (Å²) in [6, 6.07) is 13.2. The van der Waals surface area contributed by atoms with Crippen LogP contribution in [0.4, 0.5) is 0 Å². The Labute approximate surface area is 126 Å². The predicted octanol–water partition coefficient (Wildman–Crippen LogP) is 4.18. The molecule has 2 aliphatic carbocycles. The van der Waals surface area contributed by atoms with Gasteiger partial charge in [-0.3, -0.25) is 4.98 Å². The highest BCUT2D eigenvalue weighted by atomic mass is 14.8. The lowest BCUT2D eigenvalue weighted by Gasteiger charge is -2.42. The summed E-state index contributed by atoms with van der Waals surface area (Å²) in [6.07, 6.45) is 10.3. The third-order valence-electron chi connectivity index (χ3n) is 5.64. The van der Waals surface area contributed by atoms with Gasteiger partial charge in [-0.1, -0.05) is 49.6 Å². The fourth-order valence-corrected chi connectivity index (χ4v) is 4.72. The van der Waals surface area contributed by atoms with Crippen LogP contribution >= 0.6 is 0 Å². The molecule has 4 rings (SSSR count). The topological polar surface area (TPSA) is 38.9 Å². The third-order valence-corrected chi connectivity index (χ3v) is 5.64. The molecule has 0 bridgehead atoms. The number of rotatable bonds is 1. The summed E-state index contributed by atoms with van der Waals surface area (Å²) in [5, 5.41) is 0. The molecular formula is C19H22N2. The molecule has 0 aliphatic heterocycles. The largest absolute Gasteiger partial charge is 0.323 e. The number of nitrogens with two attached hydrogens (primary N) is 1. The summed E-state index contributed by atoms with van der Waals surface area (Å²) in [7, 11) is 0. The third kappa shape index (κ3) is 1.86. The molecule has 2 N–H and O–H groups in total. The summed E-state index contributed by atoms with van der Waals surface area (Å²) in [5.41, 5.74) is 11.1. The van der Waals surface area contributed by atoms with E-state index in [1.165, 1.54) is 48.8 Å². The minimum atomic E-state index is 0.166. The Bertz CT molecular complexity index is 629. The number of hydrogen-bond acceptors (Lipinski definition) is 2. The van der Waals surface area contributed by atoms with E-state index in [0.717, 1.165) is 0 Å². The highest BCUT2D eigenvalue weighted by molar-refractivity contribution is 5.48. The molecule has 1 spiro atoms. The summed E-state index contributed by atoms with van der Waals surface area (Å²) in [4.78, 5) is 4.36. The summed E-state index contributed by atoms with van der Waals surface area (Å²) in [6.45, 7) is 0. The van der Waals surface area contributed by atoms with Crippen LogP contribution in [-0.4, -0.2) is 4.98 Å². The van der Waals surface area contributed by atoms with E-state index in [9.17, 15) is 0 Å². The Hall–Kier alpha value is -1.67. The second-order valence-corrected chi connectivity index (χ2v) is 6.62. The fraction of sp³-hybridized carbons (Fsp3) is 0.421. The zero-order valence-corrected chi connectivity index (χ0v) is 12.3.